The van der Waals surface area contributed by atoms with Crippen molar-refractivity contribution in [2.24, 2.45) is 0 Å². The van der Waals surface area contributed by atoms with Gasteiger partial charge in [0, 0.05) is 41.3 Å². The Hall–Kier alpha value is -4.04. The van der Waals surface area contributed by atoms with Gasteiger partial charge in [-0.1, -0.05) is 30.3 Å². The molecule has 5 rings (SSSR count). The molecule has 2 atom stereocenters. The van der Waals surface area contributed by atoms with Gasteiger partial charge >= 0.3 is 0 Å². The van der Waals surface area contributed by atoms with Crippen molar-refractivity contribution in [1.82, 2.24) is 9.88 Å². The maximum atomic E-state index is 14.2. The van der Waals surface area contributed by atoms with Crippen molar-refractivity contribution in [3.63, 3.8) is 0 Å². The van der Waals surface area contributed by atoms with Crippen molar-refractivity contribution in [2.45, 2.75) is 36.7 Å². The molecule has 0 spiro atoms. The van der Waals surface area contributed by atoms with Gasteiger partial charge in [-0.25, -0.2) is 4.98 Å². The SMILES string of the molecule is CC(=O)Nc1ccc(S)c([C@H]2CCCN2C(=O)[C@@H](Nc2ccc3c(N)nccc3c2)c2ccccc2)c1. The average molecular weight is 512 g/mol. The smallest absolute Gasteiger partial charge is 0.250 e. The van der Waals surface area contributed by atoms with Crippen LogP contribution in [-0.4, -0.2) is 28.2 Å². The lowest BCUT2D eigenvalue weighted by atomic mass is 10.0. The van der Waals surface area contributed by atoms with Gasteiger partial charge in [0.25, 0.3) is 0 Å². The summed E-state index contributed by atoms with van der Waals surface area (Å²) in [5, 5.41) is 8.14. The number of fused-ring (bicyclic) bond motifs is 1. The van der Waals surface area contributed by atoms with Crippen molar-refractivity contribution in [1.29, 1.82) is 0 Å². The van der Waals surface area contributed by atoms with Gasteiger partial charge in [0.2, 0.25) is 11.8 Å². The number of rotatable bonds is 6. The first-order valence-corrected chi connectivity index (χ1v) is 12.7. The first-order valence-electron chi connectivity index (χ1n) is 12.3. The molecular weight excluding hydrogens is 482 g/mol. The Labute approximate surface area is 221 Å². The second kappa shape index (κ2) is 10.5. The van der Waals surface area contributed by atoms with Gasteiger partial charge in [0.05, 0.1) is 6.04 Å². The number of hydrogen-bond donors (Lipinski definition) is 4. The van der Waals surface area contributed by atoms with Crippen molar-refractivity contribution >= 4 is 52.4 Å². The number of pyridine rings is 1. The van der Waals surface area contributed by atoms with Gasteiger partial charge in [0.1, 0.15) is 11.9 Å². The Morgan fingerprint density at radius 3 is 2.62 bits per heavy atom. The van der Waals surface area contributed by atoms with Crippen LogP contribution in [0.15, 0.2) is 83.9 Å². The van der Waals surface area contributed by atoms with Crippen molar-refractivity contribution in [2.75, 3.05) is 22.9 Å². The van der Waals surface area contributed by atoms with Crippen LogP contribution < -0.4 is 16.4 Å². The Balaban J connectivity index is 1.48. The van der Waals surface area contributed by atoms with Crippen LogP contribution in [0.25, 0.3) is 10.8 Å². The number of carbonyl (C=O) groups is 2. The highest BCUT2D eigenvalue weighted by Crippen LogP contribution is 2.39. The molecule has 1 aromatic heterocycles. The number of thiol groups is 1. The van der Waals surface area contributed by atoms with E-state index in [1.165, 1.54) is 6.92 Å². The lowest BCUT2D eigenvalue weighted by Gasteiger charge is -2.31. The zero-order valence-corrected chi connectivity index (χ0v) is 21.4. The lowest BCUT2D eigenvalue weighted by Crippen LogP contribution is -2.37. The maximum absolute atomic E-state index is 14.2. The van der Waals surface area contributed by atoms with Crippen molar-refractivity contribution in [3.8, 4) is 0 Å². The van der Waals surface area contributed by atoms with E-state index in [0.717, 1.165) is 45.3 Å². The fourth-order valence-corrected chi connectivity index (χ4v) is 5.30. The predicted octanol–water partition coefficient (Wildman–Crippen LogP) is 5.58. The van der Waals surface area contributed by atoms with Crippen LogP contribution in [0.5, 0.6) is 0 Å². The minimum absolute atomic E-state index is 0.0132. The Morgan fingerprint density at radius 1 is 1.05 bits per heavy atom. The summed E-state index contributed by atoms with van der Waals surface area (Å²) in [7, 11) is 0. The molecule has 1 saturated heterocycles. The number of hydrogen-bond acceptors (Lipinski definition) is 6. The molecule has 0 bridgehead atoms. The third-order valence-corrected chi connectivity index (χ3v) is 7.14. The second-order valence-corrected chi connectivity index (χ2v) is 9.75. The van der Waals surface area contributed by atoms with E-state index in [9.17, 15) is 9.59 Å². The number of carbonyl (C=O) groups excluding carboxylic acids is 2. The second-order valence-electron chi connectivity index (χ2n) is 9.26. The maximum Gasteiger partial charge on any atom is 0.250 e. The highest BCUT2D eigenvalue weighted by atomic mass is 32.1. The van der Waals surface area contributed by atoms with E-state index in [-0.39, 0.29) is 17.9 Å². The van der Waals surface area contributed by atoms with Crippen LogP contribution in [0.1, 0.15) is 43.0 Å². The number of nitrogens with one attached hydrogen (secondary N) is 2. The van der Waals surface area contributed by atoms with Gasteiger partial charge in [-0.3, -0.25) is 9.59 Å². The summed E-state index contributed by atoms with van der Waals surface area (Å²) in [6, 6.07) is 22.4. The van der Waals surface area contributed by atoms with E-state index in [0.29, 0.717) is 18.1 Å². The van der Waals surface area contributed by atoms with Gasteiger partial charge in [-0.2, -0.15) is 0 Å². The van der Waals surface area contributed by atoms with E-state index >= 15 is 0 Å². The molecule has 4 aromatic rings. The van der Waals surface area contributed by atoms with E-state index in [4.69, 9.17) is 5.73 Å². The molecule has 0 saturated carbocycles. The van der Waals surface area contributed by atoms with Gasteiger partial charge in [0.15, 0.2) is 0 Å². The molecule has 7 nitrogen and oxygen atoms in total. The number of likely N-dealkylation sites (tertiary alicyclic amines) is 1. The normalized spacial score (nSPS) is 15.9. The number of amides is 2. The molecule has 0 aliphatic carbocycles. The van der Waals surface area contributed by atoms with E-state index < -0.39 is 6.04 Å². The quantitative estimate of drug-likeness (QED) is 0.253. The molecule has 3 aromatic carbocycles. The molecule has 37 heavy (non-hydrogen) atoms. The van der Waals surface area contributed by atoms with Crippen LogP contribution in [0, 0.1) is 0 Å². The van der Waals surface area contributed by atoms with Gasteiger partial charge in [-0.05, 0) is 71.8 Å². The van der Waals surface area contributed by atoms with Crippen LogP contribution in [0.2, 0.25) is 0 Å². The number of nitrogens with two attached hydrogens (primary N) is 1. The monoisotopic (exact) mass is 511 g/mol. The largest absolute Gasteiger partial charge is 0.383 e. The summed E-state index contributed by atoms with van der Waals surface area (Å²) in [6.07, 6.45) is 3.39. The molecule has 4 N–H and O–H groups in total. The summed E-state index contributed by atoms with van der Waals surface area (Å²) in [5.74, 6) is 0.322. The fraction of sp³-hybridized carbons (Fsp3) is 0.207. The molecule has 2 amide bonds. The first kappa shape index (κ1) is 24.6. The van der Waals surface area contributed by atoms with Crippen LogP contribution in [0.4, 0.5) is 17.2 Å². The number of nitrogen functional groups attached to an aromatic ring is 1. The molecule has 1 aliphatic heterocycles. The zero-order chi connectivity index (χ0) is 25.9. The average Bonchev–Trinajstić information content (AvgIpc) is 3.38. The molecular formula is C29H29N5O2S. The highest BCUT2D eigenvalue weighted by Gasteiger charge is 2.35. The summed E-state index contributed by atoms with van der Waals surface area (Å²) in [4.78, 5) is 32.7. The van der Waals surface area contributed by atoms with E-state index in [1.807, 2.05) is 77.7 Å². The standard InChI is InChI=1S/C29H29N5O2S/c1-18(35)32-22-10-12-26(37)24(17-22)25-8-5-15-34(25)29(36)27(19-6-3-2-4-7-19)33-21-9-11-23-20(16-21)13-14-31-28(23)30/h2-4,6-7,9-14,16-17,25,27,33,37H,5,8,15H2,1H3,(H2,30,31)(H,32,35)/t25-,27+/m1/s1. The molecule has 1 aliphatic rings. The van der Waals surface area contributed by atoms with Crippen LogP contribution >= 0.6 is 12.6 Å². The summed E-state index contributed by atoms with van der Waals surface area (Å²) >= 11 is 4.68. The Kier molecular flexibility index (Phi) is 7.01. The predicted molar refractivity (Wildman–Crippen MR) is 151 cm³/mol. The molecule has 2 heterocycles. The lowest BCUT2D eigenvalue weighted by molar-refractivity contribution is -0.133. The summed E-state index contributed by atoms with van der Waals surface area (Å²) in [5.41, 5.74) is 9.35. The molecule has 0 unspecified atom stereocenters. The minimum atomic E-state index is -0.583. The fourth-order valence-electron chi connectivity index (χ4n) is 5.01. The van der Waals surface area contributed by atoms with E-state index in [2.05, 4.69) is 28.2 Å². The van der Waals surface area contributed by atoms with Crippen molar-refractivity contribution < 1.29 is 9.59 Å². The Bertz CT molecular complexity index is 1460. The third kappa shape index (κ3) is 5.24. The molecule has 0 radical (unpaired) electrons. The Morgan fingerprint density at radius 2 is 1.84 bits per heavy atom. The minimum Gasteiger partial charge on any atom is -0.383 e. The third-order valence-electron chi connectivity index (χ3n) is 6.73. The molecule has 8 heteroatoms. The zero-order valence-electron chi connectivity index (χ0n) is 20.5. The van der Waals surface area contributed by atoms with E-state index in [1.54, 1.807) is 6.20 Å². The number of nitrogens with zero attached hydrogens (tertiary/aromatic N) is 2. The molecule has 1 fully saturated rings. The van der Waals surface area contributed by atoms with Crippen LogP contribution in [-0.2, 0) is 9.59 Å². The summed E-state index contributed by atoms with van der Waals surface area (Å²) < 4.78 is 0. The van der Waals surface area contributed by atoms with Crippen LogP contribution in [0.3, 0.4) is 0 Å². The topological polar surface area (TPSA) is 100 Å². The van der Waals surface area contributed by atoms with Gasteiger partial charge < -0.3 is 21.3 Å². The molecule has 188 valence electrons. The number of aromatic nitrogens is 1. The number of anilines is 3. The summed E-state index contributed by atoms with van der Waals surface area (Å²) in [6.45, 7) is 2.12. The first-order chi connectivity index (χ1) is 17.9. The number of benzene rings is 3. The highest BCUT2D eigenvalue weighted by molar-refractivity contribution is 7.80. The van der Waals surface area contributed by atoms with Gasteiger partial charge in [-0.15, -0.1) is 12.6 Å². The van der Waals surface area contributed by atoms with Crippen molar-refractivity contribution in [3.05, 3.63) is 90.1 Å².